The standard InChI is InChI=1S/C17H12F3N3O/c1-8-9(2)22-14-7-10(3-5-12(14)21-8)17(24)23-13-6-4-11(18)15(19)16(13)20/h3-7H,1-2H3,(H,23,24). The van der Waals surface area contributed by atoms with Crippen LogP contribution in [0, 0.1) is 31.3 Å². The summed E-state index contributed by atoms with van der Waals surface area (Å²) in [4.78, 5) is 20.9. The molecule has 7 heteroatoms. The van der Waals surface area contributed by atoms with Gasteiger partial charge in [-0.2, -0.15) is 0 Å². The van der Waals surface area contributed by atoms with Crippen molar-refractivity contribution in [2.24, 2.45) is 0 Å². The van der Waals surface area contributed by atoms with Crippen molar-refractivity contribution < 1.29 is 18.0 Å². The third-order valence-electron chi connectivity index (χ3n) is 3.62. The zero-order valence-corrected chi connectivity index (χ0v) is 12.8. The number of carbonyl (C=O) groups excluding carboxylic acids is 1. The fourth-order valence-electron chi connectivity index (χ4n) is 2.19. The monoisotopic (exact) mass is 331 g/mol. The van der Waals surface area contributed by atoms with E-state index >= 15 is 0 Å². The minimum Gasteiger partial charge on any atom is -0.319 e. The highest BCUT2D eigenvalue weighted by molar-refractivity contribution is 6.05. The molecule has 0 aliphatic rings. The number of rotatable bonds is 2. The van der Waals surface area contributed by atoms with Gasteiger partial charge in [0.2, 0.25) is 0 Å². The summed E-state index contributed by atoms with van der Waals surface area (Å²) in [6.45, 7) is 3.62. The summed E-state index contributed by atoms with van der Waals surface area (Å²) in [6, 6.07) is 6.32. The highest BCUT2D eigenvalue weighted by Gasteiger charge is 2.16. The molecule has 0 saturated carbocycles. The molecule has 1 amide bonds. The Labute approximate surface area is 135 Å². The van der Waals surface area contributed by atoms with Crippen molar-refractivity contribution in [2.45, 2.75) is 13.8 Å². The quantitative estimate of drug-likeness (QED) is 0.724. The second kappa shape index (κ2) is 5.92. The predicted molar refractivity (Wildman–Crippen MR) is 83.3 cm³/mol. The molecule has 24 heavy (non-hydrogen) atoms. The number of nitrogens with one attached hydrogen (secondary N) is 1. The summed E-state index contributed by atoms with van der Waals surface area (Å²) < 4.78 is 39.8. The lowest BCUT2D eigenvalue weighted by Crippen LogP contribution is -2.14. The highest BCUT2D eigenvalue weighted by atomic mass is 19.2. The van der Waals surface area contributed by atoms with E-state index in [9.17, 15) is 18.0 Å². The Kier molecular flexibility index (Phi) is 3.92. The molecule has 1 aromatic heterocycles. The average Bonchev–Trinajstić information content (AvgIpc) is 2.56. The van der Waals surface area contributed by atoms with Gasteiger partial charge in [0.05, 0.1) is 28.1 Å². The van der Waals surface area contributed by atoms with E-state index in [-0.39, 0.29) is 5.56 Å². The fraction of sp³-hybridized carbons (Fsp3) is 0.118. The van der Waals surface area contributed by atoms with E-state index in [0.717, 1.165) is 23.5 Å². The van der Waals surface area contributed by atoms with Crippen LogP contribution in [0.25, 0.3) is 11.0 Å². The number of halogens is 3. The molecule has 0 bridgehead atoms. The van der Waals surface area contributed by atoms with Gasteiger partial charge in [0, 0.05) is 5.56 Å². The van der Waals surface area contributed by atoms with E-state index in [1.807, 2.05) is 6.92 Å². The topological polar surface area (TPSA) is 54.9 Å². The van der Waals surface area contributed by atoms with Gasteiger partial charge in [0.1, 0.15) is 0 Å². The van der Waals surface area contributed by atoms with Crippen molar-refractivity contribution >= 4 is 22.6 Å². The lowest BCUT2D eigenvalue weighted by atomic mass is 10.1. The van der Waals surface area contributed by atoms with Gasteiger partial charge in [-0.25, -0.2) is 23.1 Å². The number of nitrogens with zero attached hydrogens (tertiary/aromatic N) is 2. The van der Waals surface area contributed by atoms with Gasteiger partial charge in [0.25, 0.3) is 5.91 Å². The number of hydrogen-bond donors (Lipinski definition) is 1. The summed E-state index contributed by atoms with van der Waals surface area (Å²) in [5.41, 5.74) is 2.40. The first kappa shape index (κ1) is 15.9. The first-order valence-corrected chi connectivity index (χ1v) is 7.06. The maximum absolute atomic E-state index is 13.6. The Morgan fingerprint density at radius 1 is 0.917 bits per heavy atom. The molecule has 0 atom stereocenters. The molecule has 0 fully saturated rings. The molecular weight excluding hydrogens is 319 g/mol. The molecule has 0 aliphatic heterocycles. The Morgan fingerprint density at radius 3 is 2.29 bits per heavy atom. The van der Waals surface area contributed by atoms with Crippen LogP contribution in [0.1, 0.15) is 21.7 Å². The molecule has 122 valence electrons. The molecule has 0 saturated heterocycles. The van der Waals surface area contributed by atoms with E-state index in [1.54, 1.807) is 13.0 Å². The van der Waals surface area contributed by atoms with Crippen LogP contribution in [0.2, 0.25) is 0 Å². The number of amides is 1. The normalized spacial score (nSPS) is 10.9. The van der Waals surface area contributed by atoms with Gasteiger partial charge in [0.15, 0.2) is 17.5 Å². The van der Waals surface area contributed by atoms with Crippen molar-refractivity contribution in [3.63, 3.8) is 0 Å². The number of benzene rings is 2. The second-order valence-electron chi connectivity index (χ2n) is 5.27. The molecular formula is C17H12F3N3O. The molecule has 0 aliphatic carbocycles. The van der Waals surface area contributed by atoms with Gasteiger partial charge in [-0.3, -0.25) is 4.79 Å². The van der Waals surface area contributed by atoms with Crippen molar-refractivity contribution in [3.05, 3.63) is 64.7 Å². The molecule has 4 nitrogen and oxygen atoms in total. The van der Waals surface area contributed by atoms with Crippen LogP contribution in [0.5, 0.6) is 0 Å². The smallest absolute Gasteiger partial charge is 0.255 e. The molecule has 2 aromatic carbocycles. The maximum atomic E-state index is 13.6. The zero-order chi connectivity index (χ0) is 17.4. The lowest BCUT2D eigenvalue weighted by Gasteiger charge is -2.08. The summed E-state index contributed by atoms with van der Waals surface area (Å²) in [7, 11) is 0. The summed E-state index contributed by atoms with van der Waals surface area (Å²) in [6.07, 6.45) is 0. The first-order chi connectivity index (χ1) is 11.4. The van der Waals surface area contributed by atoms with Gasteiger partial charge < -0.3 is 5.32 Å². The van der Waals surface area contributed by atoms with Crippen LogP contribution in [-0.2, 0) is 0 Å². The predicted octanol–water partition coefficient (Wildman–Crippen LogP) is 3.92. The molecule has 0 unspecified atom stereocenters. The average molecular weight is 331 g/mol. The van der Waals surface area contributed by atoms with E-state index < -0.39 is 29.0 Å². The third-order valence-corrected chi connectivity index (χ3v) is 3.62. The molecule has 3 aromatic rings. The molecule has 1 N–H and O–H groups in total. The van der Waals surface area contributed by atoms with Crippen LogP contribution in [0.4, 0.5) is 18.9 Å². The molecule has 1 heterocycles. The minimum atomic E-state index is -1.64. The van der Waals surface area contributed by atoms with Gasteiger partial charge in [-0.1, -0.05) is 0 Å². The van der Waals surface area contributed by atoms with Gasteiger partial charge in [-0.15, -0.1) is 0 Å². The Bertz CT molecular complexity index is 973. The van der Waals surface area contributed by atoms with Crippen LogP contribution in [-0.4, -0.2) is 15.9 Å². The first-order valence-electron chi connectivity index (χ1n) is 7.06. The van der Waals surface area contributed by atoms with E-state index in [4.69, 9.17) is 0 Å². The minimum absolute atomic E-state index is 0.198. The number of hydrogen-bond acceptors (Lipinski definition) is 3. The SMILES string of the molecule is Cc1nc2ccc(C(=O)Nc3ccc(F)c(F)c3F)cc2nc1C. The number of anilines is 1. The third kappa shape index (κ3) is 2.80. The van der Waals surface area contributed by atoms with Gasteiger partial charge in [-0.05, 0) is 44.2 Å². The van der Waals surface area contributed by atoms with E-state index in [0.29, 0.717) is 11.0 Å². The van der Waals surface area contributed by atoms with E-state index in [1.165, 1.54) is 12.1 Å². The van der Waals surface area contributed by atoms with Crippen LogP contribution in [0.3, 0.4) is 0 Å². The summed E-state index contributed by atoms with van der Waals surface area (Å²) in [5, 5.41) is 2.22. The van der Waals surface area contributed by atoms with Crippen molar-refractivity contribution in [3.8, 4) is 0 Å². The fourth-order valence-corrected chi connectivity index (χ4v) is 2.19. The molecule has 0 radical (unpaired) electrons. The Hall–Kier alpha value is -2.96. The van der Waals surface area contributed by atoms with Crippen molar-refractivity contribution in [1.29, 1.82) is 0 Å². The summed E-state index contributed by atoms with van der Waals surface area (Å²) in [5.74, 6) is -5.07. The van der Waals surface area contributed by atoms with Crippen LogP contribution < -0.4 is 5.32 Å². The number of aromatic nitrogens is 2. The maximum Gasteiger partial charge on any atom is 0.255 e. The lowest BCUT2D eigenvalue weighted by molar-refractivity contribution is 0.102. The zero-order valence-electron chi connectivity index (χ0n) is 12.8. The van der Waals surface area contributed by atoms with Crippen molar-refractivity contribution in [1.82, 2.24) is 9.97 Å². The van der Waals surface area contributed by atoms with Crippen molar-refractivity contribution in [2.75, 3.05) is 5.32 Å². The molecule has 3 rings (SSSR count). The van der Waals surface area contributed by atoms with Crippen LogP contribution >= 0.6 is 0 Å². The number of fused-ring (bicyclic) bond motifs is 1. The second-order valence-corrected chi connectivity index (χ2v) is 5.27. The highest BCUT2D eigenvalue weighted by Crippen LogP contribution is 2.21. The summed E-state index contributed by atoms with van der Waals surface area (Å²) >= 11 is 0. The van der Waals surface area contributed by atoms with Gasteiger partial charge >= 0.3 is 0 Å². The Morgan fingerprint density at radius 2 is 1.58 bits per heavy atom. The number of aryl methyl sites for hydroxylation is 2. The number of carbonyl (C=O) groups is 1. The van der Waals surface area contributed by atoms with E-state index in [2.05, 4.69) is 15.3 Å². The molecule has 0 spiro atoms. The largest absolute Gasteiger partial charge is 0.319 e. The Balaban J connectivity index is 1.94. The van der Waals surface area contributed by atoms with Crippen LogP contribution in [0.15, 0.2) is 30.3 Å².